The number of unbranched alkanes of at least 4 members (excludes halogenated alkanes) is 5. The molecule has 1 aromatic rings. The highest BCUT2D eigenvalue weighted by atomic mass is 16.5. The predicted molar refractivity (Wildman–Crippen MR) is 172 cm³/mol. The third kappa shape index (κ3) is 87.9. The molecule has 0 heterocycles. The lowest BCUT2D eigenvalue weighted by atomic mass is 10.2. The van der Waals surface area contributed by atoms with Crippen LogP contribution in [0.2, 0.25) is 0 Å². The molecule has 0 aliphatic carbocycles. The van der Waals surface area contributed by atoms with Crippen LogP contribution in [0.3, 0.4) is 0 Å². The summed E-state index contributed by atoms with van der Waals surface area (Å²) in [5, 5.41) is 8.07. The van der Waals surface area contributed by atoms with E-state index in [0.717, 1.165) is 31.8 Å². The van der Waals surface area contributed by atoms with Gasteiger partial charge in [-0.1, -0.05) is 130 Å². The first-order chi connectivity index (χ1) is 13.2. The molecule has 0 amide bonds. The summed E-state index contributed by atoms with van der Waals surface area (Å²) < 4.78 is 14.6. The number of aliphatic hydroxyl groups excluding tert-OH is 1. The molecule has 0 radical (unpaired) electrons. The smallest absolute Gasteiger partial charge is 0.118 e. The quantitative estimate of drug-likeness (QED) is 0.298. The molecule has 0 spiro atoms. The Morgan fingerprint density at radius 1 is 0.543 bits per heavy atom. The van der Waals surface area contributed by atoms with Crippen molar-refractivity contribution in [3.63, 3.8) is 0 Å². The number of benzene rings is 1. The summed E-state index contributed by atoms with van der Waals surface area (Å²) >= 11 is 0. The normalized spacial score (nSPS) is 6.94. The van der Waals surface area contributed by atoms with E-state index in [-0.39, 0.29) is 59.4 Å². The van der Waals surface area contributed by atoms with E-state index in [2.05, 4.69) is 20.8 Å². The summed E-state index contributed by atoms with van der Waals surface area (Å²) in [5.41, 5.74) is 0. The van der Waals surface area contributed by atoms with Crippen molar-refractivity contribution in [3.8, 4) is 5.75 Å². The lowest BCUT2D eigenvalue weighted by molar-refractivity contribution is 0.192. The highest BCUT2D eigenvalue weighted by Crippen LogP contribution is 2.05. The van der Waals surface area contributed by atoms with Gasteiger partial charge in [-0.2, -0.15) is 0 Å². The second-order valence-corrected chi connectivity index (χ2v) is 5.99. The van der Waals surface area contributed by atoms with Crippen molar-refractivity contribution in [1.29, 1.82) is 0 Å². The molecule has 4 heteroatoms. The molecular formula is C31H78O4. The second kappa shape index (κ2) is 76.6. The van der Waals surface area contributed by atoms with Crippen LogP contribution in [0, 0.1) is 0 Å². The van der Waals surface area contributed by atoms with Crippen LogP contribution in [0.4, 0.5) is 0 Å². The van der Waals surface area contributed by atoms with Crippen LogP contribution in [-0.2, 0) is 9.47 Å². The largest absolute Gasteiger partial charge is 0.497 e. The molecule has 0 atom stereocenters. The van der Waals surface area contributed by atoms with E-state index in [9.17, 15) is 0 Å². The monoisotopic (exact) mass is 515 g/mol. The summed E-state index contributed by atoms with van der Waals surface area (Å²) in [5.74, 6) is 0.910. The van der Waals surface area contributed by atoms with Gasteiger partial charge >= 0.3 is 0 Å². The van der Waals surface area contributed by atoms with Crippen LogP contribution >= 0.6 is 0 Å². The average molecular weight is 515 g/mol. The second-order valence-electron chi connectivity index (χ2n) is 5.99. The maximum atomic E-state index is 8.07. The average Bonchev–Trinajstić information content (AvgIpc) is 2.72. The van der Waals surface area contributed by atoms with Crippen molar-refractivity contribution in [2.75, 3.05) is 41.2 Å². The zero-order valence-electron chi connectivity index (χ0n) is 18.8. The van der Waals surface area contributed by atoms with Gasteiger partial charge in [0.15, 0.2) is 0 Å². The zero-order chi connectivity index (χ0) is 21.0. The molecule has 0 bridgehead atoms. The van der Waals surface area contributed by atoms with Gasteiger partial charge in [0.25, 0.3) is 0 Å². The lowest BCUT2D eigenvalue weighted by Crippen LogP contribution is -1.86. The molecule has 0 aromatic heterocycles. The number of aliphatic hydroxyl groups is 1. The van der Waals surface area contributed by atoms with Gasteiger partial charge in [0.1, 0.15) is 5.75 Å². The van der Waals surface area contributed by atoms with Crippen LogP contribution in [0.25, 0.3) is 0 Å². The first kappa shape index (κ1) is 70.0. The van der Waals surface area contributed by atoms with Crippen molar-refractivity contribution in [2.24, 2.45) is 0 Å². The Morgan fingerprint density at radius 3 is 1.17 bits per heavy atom. The van der Waals surface area contributed by atoms with Gasteiger partial charge in [0, 0.05) is 34.0 Å². The Labute approximate surface area is 228 Å². The maximum Gasteiger partial charge on any atom is 0.118 e. The Balaban J connectivity index is -0.0000000230. The minimum atomic E-state index is 0. The SMILES string of the molecule is C.C.C.C.C.C.C.C.CCCCCCOC.CCCCO.CCCCOC.COc1ccccc1. The van der Waals surface area contributed by atoms with Crippen molar-refractivity contribution < 1.29 is 19.3 Å². The van der Waals surface area contributed by atoms with Crippen molar-refractivity contribution in [3.05, 3.63) is 30.3 Å². The molecule has 1 aromatic carbocycles. The summed E-state index contributed by atoms with van der Waals surface area (Å²) in [6, 6.07) is 9.68. The molecule has 0 fully saturated rings. The number of hydrogen-bond acceptors (Lipinski definition) is 4. The van der Waals surface area contributed by atoms with E-state index in [4.69, 9.17) is 19.3 Å². The predicted octanol–water partition coefficient (Wildman–Crippen LogP) is 11.2. The molecule has 4 nitrogen and oxygen atoms in total. The molecule has 0 saturated carbocycles. The third-order valence-electron chi connectivity index (χ3n) is 3.39. The van der Waals surface area contributed by atoms with E-state index in [1.807, 2.05) is 30.3 Å². The Kier molecular flexibility index (Phi) is 153. The number of hydrogen-bond donors (Lipinski definition) is 1. The molecule has 0 saturated heterocycles. The molecular weight excluding hydrogens is 436 g/mol. The van der Waals surface area contributed by atoms with Gasteiger partial charge < -0.3 is 19.3 Å². The number of ether oxygens (including phenoxy) is 3. The molecule has 0 unspecified atom stereocenters. The molecule has 35 heavy (non-hydrogen) atoms. The maximum absolute atomic E-state index is 8.07. The fourth-order valence-electron chi connectivity index (χ4n) is 1.68. The van der Waals surface area contributed by atoms with E-state index in [0.29, 0.717) is 6.61 Å². The highest BCUT2D eigenvalue weighted by Gasteiger charge is 1.83. The van der Waals surface area contributed by atoms with Gasteiger partial charge in [-0.15, -0.1) is 0 Å². The van der Waals surface area contributed by atoms with Crippen LogP contribution in [0.5, 0.6) is 5.75 Å². The van der Waals surface area contributed by atoms with Gasteiger partial charge in [0.2, 0.25) is 0 Å². The van der Waals surface area contributed by atoms with Gasteiger partial charge in [-0.05, 0) is 31.4 Å². The minimum Gasteiger partial charge on any atom is -0.497 e. The summed E-state index contributed by atoms with van der Waals surface area (Å²) in [6.45, 7) is 8.61. The molecule has 0 aliphatic heterocycles. The Hall–Kier alpha value is -1.10. The van der Waals surface area contributed by atoms with Crippen LogP contribution in [0.1, 0.15) is 132 Å². The summed E-state index contributed by atoms with van der Waals surface area (Å²) in [6.07, 6.45) is 9.67. The highest BCUT2D eigenvalue weighted by molar-refractivity contribution is 5.20. The first-order valence-electron chi connectivity index (χ1n) is 10.4. The number of methoxy groups -OCH3 is 3. The molecule has 0 aliphatic rings. The zero-order valence-corrected chi connectivity index (χ0v) is 18.8. The topological polar surface area (TPSA) is 47.9 Å². The van der Waals surface area contributed by atoms with E-state index < -0.39 is 0 Å². The van der Waals surface area contributed by atoms with E-state index in [1.165, 1.54) is 38.5 Å². The molecule has 1 rings (SSSR count). The van der Waals surface area contributed by atoms with Crippen molar-refractivity contribution >= 4 is 0 Å². The number of para-hydroxylation sites is 1. The van der Waals surface area contributed by atoms with Gasteiger partial charge in [-0.25, -0.2) is 0 Å². The third-order valence-corrected chi connectivity index (χ3v) is 3.39. The van der Waals surface area contributed by atoms with Crippen LogP contribution in [0.15, 0.2) is 30.3 Å². The van der Waals surface area contributed by atoms with Crippen molar-refractivity contribution in [1.82, 2.24) is 0 Å². The van der Waals surface area contributed by atoms with E-state index >= 15 is 0 Å². The van der Waals surface area contributed by atoms with Gasteiger partial charge in [-0.3, -0.25) is 0 Å². The fourth-order valence-corrected chi connectivity index (χ4v) is 1.68. The number of rotatable bonds is 11. The standard InChI is InChI=1S/C7H8O.C7H16O.C5H12O.C4H10O.8CH4/c1-8-7-5-3-2-4-6-7;1-3-4-5-6-7-8-2;1-3-4-5-6-2;1-2-3-4-5;;;;;;;;/h2-6H,1H3;3-7H2,1-2H3;3-5H2,1-2H3;5H,2-4H2,1H3;8*1H4. The fraction of sp³-hybridized carbons (Fsp3) is 0.806. The lowest BCUT2D eigenvalue weighted by Gasteiger charge is -1.95. The van der Waals surface area contributed by atoms with Crippen molar-refractivity contribution in [2.45, 2.75) is 132 Å². The Bertz CT molecular complexity index is 307. The summed E-state index contributed by atoms with van der Waals surface area (Å²) in [7, 11) is 5.15. The first-order valence-corrected chi connectivity index (χ1v) is 10.4. The van der Waals surface area contributed by atoms with E-state index in [1.54, 1.807) is 21.3 Å². The minimum absolute atomic E-state index is 0. The van der Waals surface area contributed by atoms with Crippen LogP contribution < -0.4 is 4.74 Å². The molecule has 226 valence electrons. The van der Waals surface area contributed by atoms with Crippen LogP contribution in [-0.4, -0.2) is 46.3 Å². The summed E-state index contributed by atoms with van der Waals surface area (Å²) in [4.78, 5) is 0. The van der Waals surface area contributed by atoms with Gasteiger partial charge in [0.05, 0.1) is 7.11 Å². The molecule has 1 N–H and O–H groups in total. The Morgan fingerprint density at radius 2 is 0.943 bits per heavy atom.